The molecule has 1 saturated carbocycles. The van der Waals surface area contributed by atoms with Crippen molar-refractivity contribution < 1.29 is 14.3 Å². The van der Waals surface area contributed by atoms with E-state index in [1.54, 1.807) is 12.1 Å². The van der Waals surface area contributed by atoms with Crippen LogP contribution in [0.3, 0.4) is 0 Å². The monoisotopic (exact) mass is 406 g/mol. The molecule has 1 heterocycles. The van der Waals surface area contributed by atoms with Crippen LogP contribution >= 0.6 is 0 Å². The number of nitrogens with zero attached hydrogens (tertiary/aromatic N) is 2. The van der Waals surface area contributed by atoms with Gasteiger partial charge in [0.1, 0.15) is 0 Å². The van der Waals surface area contributed by atoms with Crippen LogP contribution in [0, 0.1) is 5.41 Å². The molecule has 2 aromatic carbocycles. The zero-order valence-electron chi connectivity index (χ0n) is 18.1. The van der Waals surface area contributed by atoms with E-state index in [4.69, 9.17) is 4.74 Å². The summed E-state index contributed by atoms with van der Waals surface area (Å²) in [5.41, 5.74) is 2.79. The van der Waals surface area contributed by atoms with Gasteiger partial charge in [0.05, 0.1) is 12.7 Å². The van der Waals surface area contributed by atoms with Gasteiger partial charge in [-0.25, -0.2) is 4.79 Å². The van der Waals surface area contributed by atoms with Crippen molar-refractivity contribution in [2.75, 3.05) is 32.6 Å². The summed E-state index contributed by atoms with van der Waals surface area (Å²) < 4.78 is 4.76. The number of carbonyl (C=O) groups is 2. The summed E-state index contributed by atoms with van der Waals surface area (Å²) in [6.07, 6.45) is 4.76. The second kappa shape index (κ2) is 7.88. The third-order valence-corrected chi connectivity index (χ3v) is 7.23. The lowest BCUT2D eigenvalue weighted by Crippen LogP contribution is -2.47. The van der Waals surface area contributed by atoms with Gasteiger partial charge in [-0.3, -0.25) is 9.69 Å². The molecular weight excluding hydrogens is 376 g/mol. The molecule has 1 amide bonds. The Morgan fingerprint density at radius 2 is 1.60 bits per heavy atom. The summed E-state index contributed by atoms with van der Waals surface area (Å²) in [4.78, 5) is 28.8. The fourth-order valence-corrected chi connectivity index (χ4v) is 5.30. The summed E-state index contributed by atoms with van der Waals surface area (Å²) in [6, 6.07) is 17.9. The average Bonchev–Trinajstić information content (AvgIpc) is 3.10. The Hall–Kier alpha value is -2.66. The number of rotatable bonds is 4. The molecule has 0 radical (unpaired) electrons. The molecule has 30 heavy (non-hydrogen) atoms. The van der Waals surface area contributed by atoms with Gasteiger partial charge < -0.3 is 9.64 Å². The molecule has 0 atom stereocenters. The van der Waals surface area contributed by atoms with Crippen LogP contribution in [-0.4, -0.2) is 44.5 Å². The Morgan fingerprint density at radius 1 is 0.967 bits per heavy atom. The summed E-state index contributed by atoms with van der Waals surface area (Å²) >= 11 is 0. The van der Waals surface area contributed by atoms with Crippen molar-refractivity contribution in [3.8, 4) is 0 Å². The summed E-state index contributed by atoms with van der Waals surface area (Å²) in [5.74, 6) is -0.183. The zero-order chi connectivity index (χ0) is 21.4. The first-order chi connectivity index (χ1) is 14.4. The van der Waals surface area contributed by atoms with Crippen LogP contribution in [-0.2, 0) is 15.1 Å². The van der Waals surface area contributed by atoms with Crippen LogP contribution < -0.4 is 4.90 Å². The largest absolute Gasteiger partial charge is 0.465 e. The highest BCUT2D eigenvalue weighted by molar-refractivity contribution is 5.97. The number of benzene rings is 2. The lowest BCUT2D eigenvalue weighted by molar-refractivity contribution is -0.118. The molecule has 5 heteroatoms. The van der Waals surface area contributed by atoms with Crippen LogP contribution in [0.5, 0.6) is 0 Å². The van der Waals surface area contributed by atoms with Gasteiger partial charge in [0, 0.05) is 24.2 Å². The molecule has 5 nitrogen and oxygen atoms in total. The maximum Gasteiger partial charge on any atom is 0.337 e. The van der Waals surface area contributed by atoms with Crippen LogP contribution in [0.4, 0.5) is 5.69 Å². The number of ether oxygens (including phenoxy) is 1. The van der Waals surface area contributed by atoms with Crippen LogP contribution in [0.2, 0.25) is 0 Å². The number of anilines is 1. The summed E-state index contributed by atoms with van der Waals surface area (Å²) in [6.45, 7) is 0.752. The maximum atomic E-state index is 12.9. The van der Waals surface area contributed by atoms with Gasteiger partial charge in [0.15, 0.2) is 0 Å². The van der Waals surface area contributed by atoms with Gasteiger partial charge in [-0.2, -0.15) is 0 Å². The first-order valence-electron chi connectivity index (χ1n) is 10.6. The van der Waals surface area contributed by atoms with Crippen molar-refractivity contribution in [2.24, 2.45) is 5.41 Å². The molecule has 0 bridgehead atoms. The predicted molar refractivity (Wildman–Crippen MR) is 117 cm³/mol. The second-order valence-corrected chi connectivity index (χ2v) is 8.99. The molecule has 0 aromatic heterocycles. The van der Waals surface area contributed by atoms with Crippen molar-refractivity contribution >= 4 is 17.6 Å². The van der Waals surface area contributed by atoms with Gasteiger partial charge in [-0.05, 0) is 75.0 Å². The molecule has 2 aromatic rings. The number of esters is 1. The Bertz CT molecular complexity index is 913. The van der Waals surface area contributed by atoms with E-state index in [1.165, 1.54) is 12.7 Å². The highest BCUT2D eigenvalue weighted by Gasteiger charge is 2.50. The SMILES string of the molecule is COC(=O)c1ccc(N2C[C@]3(CC[C@](c4ccccc4)(N(C)C)CC3)CC2=O)cc1. The normalized spacial score (nSPS) is 26.4. The van der Waals surface area contributed by atoms with E-state index >= 15 is 0 Å². The average molecular weight is 407 g/mol. The zero-order valence-corrected chi connectivity index (χ0v) is 18.1. The highest BCUT2D eigenvalue weighted by atomic mass is 16.5. The molecule has 1 saturated heterocycles. The molecule has 158 valence electrons. The minimum atomic E-state index is -0.362. The lowest BCUT2D eigenvalue weighted by atomic mass is 9.64. The second-order valence-electron chi connectivity index (χ2n) is 8.99. The topological polar surface area (TPSA) is 49.9 Å². The van der Waals surface area contributed by atoms with E-state index in [2.05, 4.69) is 49.3 Å². The fraction of sp³-hybridized carbons (Fsp3) is 0.440. The minimum absolute atomic E-state index is 0.0329. The van der Waals surface area contributed by atoms with Crippen molar-refractivity contribution in [3.05, 3.63) is 65.7 Å². The third kappa shape index (κ3) is 3.52. The highest BCUT2D eigenvalue weighted by Crippen LogP contribution is 2.52. The van der Waals surface area contributed by atoms with Crippen molar-refractivity contribution in [1.82, 2.24) is 4.90 Å². The van der Waals surface area contributed by atoms with Gasteiger partial charge in [-0.1, -0.05) is 30.3 Å². The number of methoxy groups -OCH3 is 1. The smallest absolute Gasteiger partial charge is 0.337 e. The molecule has 1 spiro atoms. The van der Waals surface area contributed by atoms with E-state index in [0.29, 0.717) is 12.0 Å². The summed E-state index contributed by atoms with van der Waals surface area (Å²) in [5, 5.41) is 0. The van der Waals surface area contributed by atoms with E-state index in [0.717, 1.165) is 37.9 Å². The molecule has 4 rings (SSSR count). The van der Waals surface area contributed by atoms with Gasteiger partial charge in [0.2, 0.25) is 5.91 Å². The van der Waals surface area contributed by atoms with Gasteiger partial charge in [-0.15, -0.1) is 0 Å². The third-order valence-electron chi connectivity index (χ3n) is 7.23. The Morgan fingerprint density at radius 3 is 2.17 bits per heavy atom. The molecule has 0 N–H and O–H groups in total. The van der Waals surface area contributed by atoms with Gasteiger partial charge in [0.25, 0.3) is 0 Å². The molecule has 2 fully saturated rings. The van der Waals surface area contributed by atoms with E-state index in [1.807, 2.05) is 17.0 Å². The Balaban J connectivity index is 1.51. The Kier molecular flexibility index (Phi) is 5.41. The first kappa shape index (κ1) is 20.6. The van der Waals surface area contributed by atoms with Crippen molar-refractivity contribution in [2.45, 2.75) is 37.6 Å². The number of amides is 1. The van der Waals surface area contributed by atoms with E-state index < -0.39 is 0 Å². The van der Waals surface area contributed by atoms with Gasteiger partial charge >= 0.3 is 5.97 Å². The van der Waals surface area contributed by atoms with E-state index in [-0.39, 0.29) is 22.8 Å². The van der Waals surface area contributed by atoms with E-state index in [9.17, 15) is 9.59 Å². The van der Waals surface area contributed by atoms with Crippen LogP contribution in [0.1, 0.15) is 48.0 Å². The molecule has 0 unspecified atom stereocenters. The van der Waals surface area contributed by atoms with Crippen molar-refractivity contribution in [1.29, 1.82) is 0 Å². The van der Waals surface area contributed by atoms with Crippen LogP contribution in [0.25, 0.3) is 0 Å². The number of carbonyl (C=O) groups excluding carboxylic acids is 2. The van der Waals surface area contributed by atoms with Crippen LogP contribution in [0.15, 0.2) is 54.6 Å². The first-order valence-corrected chi connectivity index (χ1v) is 10.6. The minimum Gasteiger partial charge on any atom is -0.465 e. The molecule has 2 aliphatic rings. The quantitative estimate of drug-likeness (QED) is 0.713. The summed E-state index contributed by atoms with van der Waals surface area (Å²) in [7, 11) is 5.70. The molecular formula is C25H30N2O3. The number of hydrogen-bond acceptors (Lipinski definition) is 4. The Labute approximate surface area is 178 Å². The lowest BCUT2D eigenvalue weighted by Gasteiger charge is -2.48. The predicted octanol–water partition coefficient (Wildman–Crippen LogP) is 4.23. The fourth-order valence-electron chi connectivity index (χ4n) is 5.30. The maximum absolute atomic E-state index is 12.9. The number of hydrogen-bond donors (Lipinski definition) is 0. The molecule has 1 aliphatic carbocycles. The molecule has 1 aliphatic heterocycles. The van der Waals surface area contributed by atoms with Crippen molar-refractivity contribution in [3.63, 3.8) is 0 Å². The standard InChI is InChI=1S/C25H30N2O3/c1-26(2)25(20-7-5-4-6-8-20)15-13-24(14-16-25)17-22(28)27(18-24)21-11-9-19(10-12-21)23(29)30-3/h4-12H,13-18H2,1-3H3/t24-,25-.